The zero-order valence-corrected chi connectivity index (χ0v) is 12.6. The van der Waals surface area contributed by atoms with Crippen molar-refractivity contribution in [3.63, 3.8) is 0 Å². The number of nitrogens with two attached hydrogens (primary N) is 1. The Morgan fingerprint density at radius 1 is 1.06 bits per heavy atom. The van der Waals surface area contributed by atoms with Crippen LogP contribution >= 0.6 is 7.14 Å². The molecule has 1 rings (SSSR count). The van der Waals surface area contributed by atoms with E-state index in [4.69, 9.17) is 5.73 Å². The molecule has 0 unspecified atom stereocenters. The van der Waals surface area contributed by atoms with Crippen LogP contribution in [0.3, 0.4) is 0 Å². The van der Waals surface area contributed by atoms with Gasteiger partial charge in [0.15, 0.2) is 0 Å². The van der Waals surface area contributed by atoms with E-state index in [1.807, 2.05) is 24.3 Å². The number of benzene rings is 1. The maximum atomic E-state index is 13.3. The third-order valence-corrected chi connectivity index (χ3v) is 6.79. The molecule has 0 bridgehead atoms. The van der Waals surface area contributed by atoms with Crippen LogP contribution in [-0.4, -0.2) is 12.3 Å². The van der Waals surface area contributed by atoms with E-state index in [1.165, 1.54) is 0 Å². The summed E-state index contributed by atoms with van der Waals surface area (Å²) < 4.78 is 13.3. The van der Waals surface area contributed by atoms with Gasteiger partial charge in [0.25, 0.3) is 0 Å². The second-order valence-electron chi connectivity index (χ2n) is 4.88. The Hall–Kier alpha value is -0.590. The lowest BCUT2D eigenvalue weighted by Crippen LogP contribution is -2.18. The Bertz CT molecular complexity index is 391. The van der Waals surface area contributed by atoms with Crippen LogP contribution in [0.15, 0.2) is 24.3 Å². The average Bonchev–Trinajstić information content (AvgIpc) is 2.43. The van der Waals surface area contributed by atoms with Crippen molar-refractivity contribution in [1.29, 1.82) is 0 Å². The molecule has 0 fully saturated rings. The van der Waals surface area contributed by atoms with Gasteiger partial charge in [0.05, 0.1) is 0 Å². The molecule has 2 N–H and O–H groups in total. The summed E-state index contributed by atoms with van der Waals surface area (Å²) in [6, 6.07) is 8.00. The lowest BCUT2D eigenvalue weighted by atomic mass is 10.2. The number of rotatable bonds is 8. The van der Waals surface area contributed by atoms with Crippen molar-refractivity contribution in [3.05, 3.63) is 29.8 Å². The highest BCUT2D eigenvalue weighted by atomic mass is 31.2. The fourth-order valence-electron chi connectivity index (χ4n) is 2.26. The molecule has 0 spiro atoms. The SMILES string of the molecule is CCCCP(=O)(CCCC)c1ccccc1CN. The Morgan fingerprint density at radius 3 is 2.11 bits per heavy atom. The van der Waals surface area contributed by atoms with E-state index in [-0.39, 0.29) is 0 Å². The number of hydrogen-bond donors (Lipinski definition) is 1. The Balaban J connectivity index is 3.04. The van der Waals surface area contributed by atoms with Crippen LogP contribution in [0.2, 0.25) is 0 Å². The second-order valence-corrected chi connectivity index (χ2v) is 8.03. The van der Waals surface area contributed by atoms with Crippen LogP contribution in [0.5, 0.6) is 0 Å². The van der Waals surface area contributed by atoms with Crippen molar-refractivity contribution in [2.45, 2.75) is 46.1 Å². The summed E-state index contributed by atoms with van der Waals surface area (Å²) in [5.74, 6) is 0. The predicted molar refractivity (Wildman–Crippen MR) is 81.1 cm³/mol. The van der Waals surface area contributed by atoms with Crippen molar-refractivity contribution in [3.8, 4) is 0 Å². The molecule has 0 saturated heterocycles. The number of hydrogen-bond acceptors (Lipinski definition) is 2. The summed E-state index contributed by atoms with van der Waals surface area (Å²) in [4.78, 5) is 0. The summed E-state index contributed by atoms with van der Waals surface area (Å²) in [7, 11) is -2.24. The zero-order chi connectivity index (χ0) is 13.4. The lowest BCUT2D eigenvalue weighted by molar-refractivity contribution is 0.576. The Morgan fingerprint density at radius 2 is 1.61 bits per heavy atom. The molecule has 0 aliphatic rings. The largest absolute Gasteiger partial charge is 0.326 e. The first-order chi connectivity index (χ1) is 8.68. The van der Waals surface area contributed by atoms with Gasteiger partial charge < -0.3 is 10.3 Å². The van der Waals surface area contributed by atoms with Crippen LogP contribution < -0.4 is 11.0 Å². The van der Waals surface area contributed by atoms with Gasteiger partial charge in [-0.2, -0.15) is 0 Å². The molecule has 0 saturated carbocycles. The topological polar surface area (TPSA) is 43.1 Å². The molecule has 102 valence electrons. The Kier molecular flexibility index (Phi) is 6.67. The zero-order valence-electron chi connectivity index (χ0n) is 11.7. The van der Waals surface area contributed by atoms with E-state index in [0.717, 1.165) is 48.9 Å². The van der Waals surface area contributed by atoms with E-state index >= 15 is 0 Å². The number of unbranched alkanes of at least 4 members (excludes halogenated alkanes) is 2. The second kappa shape index (κ2) is 7.76. The molecule has 0 atom stereocenters. The van der Waals surface area contributed by atoms with Gasteiger partial charge in [-0.3, -0.25) is 0 Å². The molecule has 18 heavy (non-hydrogen) atoms. The maximum Gasteiger partial charge on any atom is 0.115 e. The van der Waals surface area contributed by atoms with E-state index in [1.54, 1.807) is 0 Å². The summed E-state index contributed by atoms with van der Waals surface area (Å²) in [6.45, 7) is 4.79. The Labute approximate surface area is 111 Å². The minimum absolute atomic E-state index is 0.485. The van der Waals surface area contributed by atoms with Gasteiger partial charge in [-0.25, -0.2) is 0 Å². The van der Waals surface area contributed by atoms with Crippen LogP contribution in [-0.2, 0) is 11.1 Å². The summed E-state index contributed by atoms with van der Waals surface area (Å²) in [6.07, 6.45) is 5.95. The molecule has 2 nitrogen and oxygen atoms in total. The van der Waals surface area contributed by atoms with Crippen LogP contribution in [0, 0.1) is 0 Å². The van der Waals surface area contributed by atoms with Crippen molar-refractivity contribution < 1.29 is 4.57 Å². The highest BCUT2D eigenvalue weighted by Crippen LogP contribution is 2.47. The van der Waals surface area contributed by atoms with E-state index in [2.05, 4.69) is 13.8 Å². The van der Waals surface area contributed by atoms with Gasteiger partial charge in [-0.05, 0) is 18.4 Å². The molecule has 1 aromatic carbocycles. The molecular weight excluding hydrogens is 241 g/mol. The van der Waals surface area contributed by atoms with E-state index < -0.39 is 7.14 Å². The van der Waals surface area contributed by atoms with Crippen molar-refractivity contribution in [2.75, 3.05) is 12.3 Å². The van der Waals surface area contributed by atoms with Gasteiger partial charge >= 0.3 is 0 Å². The molecule has 0 heterocycles. The highest BCUT2D eigenvalue weighted by molar-refractivity contribution is 7.71. The van der Waals surface area contributed by atoms with Gasteiger partial charge in [-0.1, -0.05) is 51.0 Å². The van der Waals surface area contributed by atoms with Gasteiger partial charge in [-0.15, -0.1) is 0 Å². The third kappa shape index (κ3) is 3.96. The third-order valence-electron chi connectivity index (χ3n) is 3.40. The normalized spacial score (nSPS) is 11.7. The molecule has 0 aromatic heterocycles. The molecule has 0 aliphatic carbocycles. The van der Waals surface area contributed by atoms with Crippen molar-refractivity contribution >= 4 is 12.4 Å². The smallest absolute Gasteiger partial charge is 0.115 e. The lowest BCUT2D eigenvalue weighted by Gasteiger charge is -2.21. The average molecular weight is 267 g/mol. The fraction of sp³-hybridized carbons (Fsp3) is 0.600. The minimum atomic E-state index is -2.24. The molecule has 1 aromatic rings. The monoisotopic (exact) mass is 267 g/mol. The fourth-order valence-corrected chi connectivity index (χ4v) is 5.67. The van der Waals surface area contributed by atoms with Crippen LogP contribution in [0.25, 0.3) is 0 Å². The summed E-state index contributed by atoms with van der Waals surface area (Å²) >= 11 is 0. The molecule has 0 aliphatic heterocycles. The first-order valence-corrected chi connectivity index (χ1v) is 9.12. The van der Waals surface area contributed by atoms with Crippen molar-refractivity contribution in [1.82, 2.24) is 0 Å². The van der Waals surface area contributed by atoms with E-state index in [9.17, 15) is 4.57 Å². The molecule has 0 amide bonds. The van der Waals surface area contributed by atoms with Crippen molar-refractivity contribution in [2.24, 2.45) is 5.73 Å². The van der Waals surface area contributed by atoms with Crippen LogP contribution in [0.1, 0.15) is 45.1 Å². The summed E-state index contributed by atoms with van der Waals surface area (Å²) in [5, 5.41) is 1.04. The predicted octanol–water partition coefficient (Wildman–Crippen LogP) is 3.73. The van der Waals surface area contributed by atoms with Gasteiger partial charge in [0, 0.05) is 24.2 Å². The first-order valence-electron chi connectivity index (χ1n) is 7.04. The molecule has 0 radical (unpaired) electrons. The summed E-state index contributed by atoms with van der Waals surface area (Å²) in [5.41, 5.74) is 6.85. The highest BCUT2D eigenvalue weighted by Gasteiger charge is 2.25. The molecule has 3 heteroatoms. The first kappa shape index (κ1) is 15.5. The van der Waals surface area contributed by atoms with E-state index in [0.29, 0.717) is 6.54 Å². The van der Waals surface area contributed by atoms with Gasteiger partial charge in [0.1, 0.15) is 7.14 Å². The van der Waals surface area contributed by atoms with Gasteiger partial charge in [0.2, 0.25) is 0 Å². The quantitative estimate of drug-likeness (QED) is 0.729. The minimum Gasteiger partial charge on any atom is -0.326 e. The standard InChI is InChI=1S/C15H26NOP/c1-3-5-11-18(17,12-6-4-2)15-10-8-7-9-14(15)13-16/h7-10H,3-6,11-13,16H2,1-2H3. The van der Waals surface area contributed by atoms with Crippen LogP contribution in [0.4, 0.5) is 0 Å². The maximum absolute atomic E-state index is 13.3. The molecular formula is C15H26NOP.